The Kier molecular flexibility index (Phi) is 6.55. The van der Waals surface area contributed by atoms with E-state index < -0.39 is 12.1 Å². The molecule has 0 fully saturated rings. The summed E-state index contributed by atoms with van der Waals surface area (Å²) in [6.45, 7) is 6.19. The molecule has 0 saturated heterocycles. The summed E-state index contributed by atoms with van der Waals surface area (Å²) < 4.78 is 26.7. The number of nitrogens with zero attached hydrogens (tertiary/aromatic N) is 2. The molecule has 2 N–H and O–H groups in total. The third-order valence-electron chi connectivity index (χ3n) is 6.75. The molecule has 1 aliphatic carbocycles. The fraction of sp³-hybridized carbons (Fsp3) is 0.423. The molecule has 3 aromatic rings. The predicted octanol–water partition coefficient (Wildman–Crippen LogP) is 3.71. The summed E-state index contributed by atoms with van der Waals surface area (Å²) in [4.78, 5) is 30.2. The van der Waals surface area contributed by atoms with Gasteiger partial charge in [-0.1, -0.05) is 13.8 Å². The van der Waals surface area contributed by atoms with Crippen LogP contribution in [0.4, 0.5) is 4.39 Å². The van der Waals surface area contributed by atoms with Crippen molar-refractivity contribution in [3.05, 3.63) is 61.7 Å². The molecular weight excluding hydrogens is 437 g/mol. The van der Waals surface area contributed by atoms with Crippen LogP contribution in [0.1, 0.15) is 59.8 Å². The van der Waals surface area contributed by atoms with E-state index in [0.717, 1.165) is 41.3 Å². The lowest BCUT2D eigenvalue weighted by molar-refractivity contribution is -0.159. The van der Waals surface area contributed by atoms with Crippen LogP contribution in [0.2, 0.25) is 0 Å². The molecule has 0 bridgehead atoms. The quantitative estimate of drug-likeness (QED) is 0.429. The van der Waals surface area contributed by atoms with E-state index in [1.807, 2.05) is 26.8 Å². The summed E-state index contributed by atoms with van der Waals surface area (Å²) in [5.41, 5.74) is 11.2. The number of halogens is 1. The molecule has 2 aliphatic heterocycles. The zero-order chi connectivity index (χ0) is 24.7. The number of benzene rings is 1. The van der Waals surface area contributed by atoms with Gasteiger partial charge >= 0.3 is 5.97 Å². The van der Waals surface area contributed by atoms with E-state index in [-0.39, 0.29) is 18.0 Å². The first-order valence-corrected chi connectivity index (χ1v) is 11.7. The van der Waals surface area contributed by atoms with Crippen molar-refractivity contribution in [2.45, 2.75) is 59.3 Å². The Labute approximate surface area is 197 Å². The zero-order valence-electron chi connectivity index (χ0n) is 20.3. The van der Waals surface area contributed by atoms with E-state index in [4.69, 9.17) is 14.5 Å². The molecule has 4 heterocycles. The molecule has 34 heavy (non-hydrogen) atoms. The van der Waals surface area contributed by atoms with Crippen molar-refractivity contribution in [1.29, 1.82) is 0 Å². The van der Waals surface area contributed by atoms with Crippen LogP contribution in [0, 0.1) is 12.7 Å². The Morgan fingerprint density at radius 3 is 2.53 bits per heavy atom. The highest BCUT2D eigenvalue weighted by atomic mass is 19.1. The molecule has 3 aliphatic rings. The highest BCUT2D eigenvalue weighted by Crippen LogP contribution is 2.42. The monoisotopic (exact) mass is 467 g/mol. The smallest absolute Gasteiger partial charge is 0.340 e. The standard InChI is InChI=1S/C23H19FN2O4.C2H6.CH5N/c1-10-11-4-3-5-12-14-8-26-18(20(14)25-17(19(11)12)7-16(10)24)6-13-15(22(26)27)9-30-23(28)21(13)29-2;2*1-2/h6-7,21H,3-5,8-9H2,1-2H3;1-2H3;2H2,1H3. The zero-order valence-corrected chi connectivity index (χ0v) is 20.3. The SMILES string of the molecule is CC.CN.COC1C(=O)OCc2c1cc1n(c2=O)Cc2c-1nc1cc(F)c(C)c3c1c2CCC3. The first kappa shape index (κ1) is 24.0. The molecule has 1 unspecified atom stereocenters. The van der Waals surface area contributed by atoms with Crippen LogP contribution in [0.5, 0.6) is 0 Å². The molecule has 0 spiro atoms. The summed E-state index contributed by atoms with van der Waals surface area (Å²) in [5, 5.41) is 1.04. The van der Waals surface area contributed by atoms with E-state index in [1.54, 1.807) is 4.57 Å². The van der Waals surface area contributed by atoms with Gasteiger partial charge < -0.3 is 19.8 Å². The van der Waals surface area contributed by atoms with Gasteiger partial charge in [0, 0.05) is 29.7 Å². The van der Waals surface area contributed by atoms with E-state index in [9.17, 15) is 14.0 Å². The van der Waals surface area contributed by atoms with Crippen molar-refractivity contribution in [2.24, 2.45) is 5.73 Å². The molecule has 0 radical (unpaired) electrons. The van der Waals surface area contributed by atoms with Gasteiger partial charge in [-0.25, -0.2) is 14.2 Å². The lowest BCUT2D eigenvalue weighted by atomic mass is 9.85. The number of fused-ring (bicyclic) bond motifs is 5. The third kappa shape index (κ3) is 3.35. The van der Waals surface area contributed by atoms with E-state index in [0.29, 0.717) is 40.1 Å². The molecule has 0 amide bonds. The molecule has 1 atom stereocenters. The van der Waals surface area contributed by atoms with E-state index in [1.165, 1.54) is 20.2 Å². The molecule has 1 aromatic carbocycles. The van der Waals surface area contributed by atoms with Crippen molar-refractivity contribution in [2.75, 3.05) is 14.2 Å². The van der Waals surface area contributed by atoms with Crippen LogP contribution >= 0.6 is 0 Å². The van der Waals surface area contributed by atoms with Gasteiger partial charge in [0.2, 0.25) is 0 Å². The molecule has 8 heteroatoms. The number of ether oxygens (including phenoxy) is 2. The van der Waals surface area contributed by atoms with Crippen molar-refractivity contribution >= 4 is 16.9 Å². The average molecular weight is 468 g/mol. The first-order chi connectivity index (χ1) is 16.5. The first-order valence-electron chi connectivity index (χ1n) is 11.7. The number of nitrogens with two attached hydrogens (primary N) is 1. The highest BCUT2D eigenvalue weighted by Gasteiger charge is 2.36. The summed E-state index contributed by atoms with van der Waals surface area (Å²) in [5.74, 6) is -0.753. The maximum atomic E-state index is 14.6. The van der Waals surface area contributed by atoms with Crippen LogP contribution in [-0.4, -0.2) is 29.7 Å². The van der Waals surface area contributed by atoms with E-state index >= 15 is 0 Å². The lowest BCUT2D eigenvalue weighted by Gasteiger charge is -2.24. The topological polar surface area (TPSA) is 96.4 Å². The Morgan fingerprint density at radius 2 is 1.82 bits per heavy atom. The van der Waals surface area contributed by atoms with Crippen LogP contribution in [-0.2, 0) is 40.3 Å². The molecule has 0 saturated carbocycles. The molecule has 2 aromatic heterocycles. The second-order valence-electron chi connectivity index (χ2n) is 8.21. The Hall–Kier alpha value is -3.10. The number of rotatable bonds is 1. The molecular formula is C26H30FN3O4. The second kappa shape index (κ2) is 9.27. The third-order valence-corrected chi connectivity index (χ3v) is 6.75. The van der Waals surface area contributed by atoms with Crippen molar-refractivity contribution in [1.82, 2.24) is 9.55 Å². The fourth-order valence-electron chi connectivity index (χ4n) is 5.27. The van der Waals surface area contributed by atoms with Gasteiger partial charge in [0.25, 0.3) is 5.56 Å². The number of carbonyl (C=O) groups excluding carboxylic acids is 1. The number of pyridine rings is 2. The molecule has 7 nitrogen and oxygen atoms in total. The van der Waals surface area contributed by atoms with Crippen molar-refractivity contribution in [3.63, 3.8) is 0 Å². The van der Waals surface area contributed by atoms with Crippen LogP contribution in [0.25, 0.3) is 22.3 Å². The van der Waals surface area contributed by atoms with Gasteiger partial charge in [-0.2, -0.15) is 0 Å². The summed E-state index contributed by atoms with van der Waals surface area (Å²) in [6, 6.07) is 3.31. The van der Waals surface area contributed by atoms with Gasteiger partial charge in [-0.15, -0.1) is 0 Å². The number of hydrogen-bond donors (Lipinski definition) is 1. The van der Waals surface area contributed by atoms with E-state index in [2.05, 4.69) is 5.73 Å². The number of methoxy groups -OCH3 is 1. The summed E-state index contributed by atoms with van der Waals surface area (Å²) in [6.07, 6.45) is 1.73. The number of carbonyl (C=O) groups is 1. The predicted molar refractivity (Wildman–Crippen MR) is 128 cm³/mol. The van der Waals surface area contributed by atoms with Crippen LogP contribution < -0.4 is 11.3 Å². The molecule has 6 rings (SSSR count). The van der Waals surface area contributed by atoms with Crippen molar-refractivity contribution < 1.29 is 18.7 Å². The minimum atomic E-state index is -0.929. The van der Waals surface area contributed by atoms with Crippen LogP contribution in [0.15, 0.2) is 16.9 Å². The van der Waals surface area contributed by atoms with Crippen LogP contribution in [0.3, 0.4) is 0 Å². The minimum Gasteiger partial charge on any atom is -0.458 e. The number of cyclic esters (lactones) is 1. The molecule has 180 valence electrons. The van der Waals surface area contributed by atoms with Crippen molar-refractivity contribution in [3.8, 4) is 11.4 Å². The number of hydrogen-bond acceptors (Lipinski definition) is 6. The second-order valence-corrected chi connectivity index (χ2v) is 8.21. The average Bonchev–Trinajstić information content (AvgIpc) is 3.24. The largest absolute Gasteiger partial charge is 0.458 e. The normalized spacial score (nSPS) is 16.9. The maximum Gasteiger partial charge on any atom is 0.340 e. The van der Waals surface area contributed by atoms with Gasteiger partial charge in [0.15, 0.2) is 6.10 Å². The lowest BCUT2D eigenvalue weighted by Crippen LogP contribution is -2.33. The Morgan fingerprint density at radius 1 is 1.12 bits per heavy atom. The van der Waals surface area contributed by atoms with Gasteiger partial charge in [-0.3, -0.25) is 4.79 Å². The number of esters is 1. The Balaban J connectivity index is 0.000000652. The highest BCUT2D eigenvalue weighted by molar-refractivity contribution is 5.92. The fourth-order valence-corrected chi connectivity index (χ4v) is 5.27. The number of aromatic nitrogens is 2. The summed E-state index contributed by atoms with van der Waals surface area (Å²) in [7, 11) is 2.92. The maximum absolute atomic E-state index is 14.6. The Bertz CT molecular complexity index is 1360. The minimum absolute atomic E-state index is 0.0553. The summed E-state index contributed by atoms with van der Waals surface area (Å²) >= 11 is 0. The van der Waals surface area contributed by atoms with Gasteiger partial charge in [0.1, 0.15) is 12.4 Å². The number of aryl methyl sites for hydroxylation is 2. The van der Waals surface area contributed by atoms with Gasteiger partial charge in [0.05, 0.1) is 29.0 Å². The van der Waals surface area contributed by atoms with Gasteiger partial charge in [-0.05, 0) is 56.0 Å².